The summed E-state index contributed by atoms with van der Waals surface area (Å²) in [4.78, 5) is 25.8. The molecule has 2 aliphatic rings. The number of nitrogens with zero attached hydrogens (tertiary/aromatic N) is 1. The average Bonchev–Trinajstić information content (AvgIpc) is 2.77. The maximum Gasteiger partial charge on any atom is 0.234 e. The Hall–Kier alpha value is -0.940. The number of carbonyl (C=O) groups excluding carboxylic acids is 2. The minimum atomic E-state index is -0.356. The Morgan fingerprint density at radius 3 is 2.70 bits per heavy atom. The molecule has 5 nitrogen and oxygen atoms in total. The van der Waals surface area contributed by atoms with E-state index in [4.69, 9.17) is 0 Å². The van der Waals surface area contributed by atoms with Gasteiger partial charge in [-0.1, -0.05) is 13.8 Å². The van der Waals surface area contributed by atoms with Crippen molar-refractivity contribution in [1.82, 2.24) is 15.5 Å². The van der Waals surface area contributed by atoms with Gasteiger partial charge >= 0.3 is 0 Å². The Kier molecular flexibility index (Phi) is 5.16. The summed E-state index contributed by atoms with van der Waals surface area (Å²) in [6, 6.07) is 0.191. The summed E-state index contributed by atoms with van der Waals surface area (Å²) in [5.41, 5.74) is 0. The number of piperidine rings is 1. The van der Waals surface area contributed by atoms with Crippen LogP contribution in [0.5, 0.6) is 0 Å². The van der Waals surface area contributed by atoms with Gasteiger partial charge in [-0.2, -0.15) is 0 Å². The summed E-state index contributed by atoms with van der Waals surface area (Å²) >= 11 is 0. The first-order valence-electron chi connectivity index (χ1n) is 7.73. The van der Waals surface area contributed by atoms with Crippen LogP contribution in [-0.4, -0.2) is 54.9 Å². The molecule has 0 spiro atoms. The van der Waals surface area contributed by atoms with Gasteiger partial charge in [0.25, 0.3) is 0 Å². The molecule has 2 heterocycles. The summed E-state index contributed by atoms with van der Waals surface area (Å²) in [5.74, 6) is 0.826. The van der Waals surface area contributed by atoms with Crippen LogP contribution in [0.15, 0.2) is 0 Å². The molecule has 20 heavy (non-hydrogen) atoms. The Bertz CT molecular complexity index is 356. The minimum absolute atomic E-state index is 0.0300. The number of hydrogen-bond donors (Lipinski definition) is 2. The summed E-state index contributed by atoms with van der Waals surface area (Å²) in [6.45, 7) is 8.91. The van der Waals surface area contributed by atoms with Gasteiger partial charge in [0.15, 0.2) is 5.78 Å². The van der Waals surface area contributed by atoms with Gasteiger partial charge in [-0.25, -0.2) is 0 Å². The lowest BCUT2D eigenvalue weighted by molar-refractivity contribution is -0.128. The highest BCUT2D eigenvalue weighted by Gasteiger charge is 2.35. The summed E-state index contributed by atoms with van der Waals surface area (Å²) in [5, 5.41) is 6.41. The third-order valence-electron chi connectivity index (χ3n) is 4.46. The number of rotatable bonds is 5. The van der Waals surface area contributed by atoms with Gasteiger partial charge < -0.3 is 10.6 Å². The van der Waals surface area contributed by atoms with Gasteiger partial charge in [-0.05, 0) is 38.1 Å². The maximum atomic E-state index is 12.1. The SMILES string of the molecule is CC(=O)C(NC(=O)CN1CC2CCCNC2C1)C(C)C. The Morgan fingerprint density at radius 2 is 2.10 bits per heavy atom. The fourth-order valence-corrected chi connectivity index (χ4v) is 3.43. The van der Waals surface area contributed by atoms with E-state index in [0.717, 1.165) is 19.6 Å². The molecule has 0 saturated carbocycles. The lowest BCUT2D eigenvalue weighted by atomic mass is 9.94. The minimum Gasteiger partial charge on any atom is -0.345 e. The largest absolute Gasteiger partial charge is 0.345 e. The molecular weight excluding hydrogens is 254 g/mol. The number of hydrogen-bond acceptors (Lipinski definition) is 4. The van der Waals surface area contributed by atoms with Crippen LogP contribution in [0.1, 0.15) is 33.6 Å². The standard InChI is InChI=1S/C15H27N3O2/c1-10(2)15(11(3)19)17-14(20)9-18-7-12-5-4-6-16-13(12)8-18/h10,12-13,15-16H,4-9H2,1-3H3,(H,17,20). The zero-order valence-electron chi connectivity index (χ0n) is 12.8. The number of nitrogens with one attached hydrogen (secondary N) is 2. The van der Waals surface area contributed by atoms with E-state index < -0.39 is 0 Å². The van der Waals surface area contributed by atoms with Crippen LogP contribution < -0.4 is 10.6 Å². The first kappa shape index (κ1) is 15.4. The first-order valence-corrected chi connectivity index (χ1v) is 7.73. The normalized spacial score (nSPS) is 28.2. The first-order chi connectivity index (χ1) is 9.47. The van der Waals surface area contributed by atoms with Crippen LogP contribution in [0.3, 0.4) is 0 Å². The highest BCUT2D eigenvalue weighted by molar-refractivity contribution is 5.88. The lowest BCUT2D eigenvalue weighted by Gasteiger charge is -2.24. The number of Topliss-reactive ketones (excluding diaryl/α,β-unsaturated/α-hetero) is 1. The highest BCUT2D eigenvalue weighted by atomic mass is 16.2. The van der Waals surface area contributed by atoms with Gasteiger partial charge in [0.1, 0.15) is 0 Å². The molecule has 2 saturated heterocycles. The van der Waals surface area contributed by atoms with E-state index in [1.807, 2.05) is 13.8 Å². The molecule has 3 atom stereocenters. The second-order valence-electron chi connectivity index (χ2n) is 6.56. The monoisotopic (exact) mass is 281 g/mol. The van der Waals surface area contributed by atoms with E-state index in [9.17, 15) is 9.59 Å². The quantitative estimate of drug-likeness (QED) is 0.766. The molecule has 2 fully saturated rings. The molecule has 2 N–H and O–H groups in total. The number of amides is 1. The molecule has 0 aromatic rings. The van der Waals surface area contributed by atoms with Crippen molar-refractivity contribution in [2.75, 3.05) is 26.2 Å². The van der Waals surface area contributed by atoms with Gasteiger partial charge in [-0.3, -0.25) is 14.5 Å². The van der Waals surface area contributed by atoms with E-state index in [0.29, 0.717) is 18.5 Å². The van der Waals surface area contributed by atoms with Crippen LogP contribution in [0, 0.1) is 11.8 Å². The van der Waals surface area contributed by atoms with Crippen molar-refractivity contribution in [3.05, 3.63) is 0 Å². The molecule has 0 bridgehead atoms. The van der Waals surface area contributed by atoms with Crippen molar-refractivity contribution in [3.63, 3.8) is 0 Å². The molecule has 114 valence electrons. The third kappa shape index (κ3) is 3.79. The Labute approximate surface area is 121 Å². The summed E-state index contributed by atoms with van der Waals surface area (Å²) < 4.78 is 0. The third-order valence-corrected chi connectivity index (χ3v) is 4.46. The topological polar surface area (TPSA) is 61.4 Å². The smallest absolute Gasteiger partial charge is 0.234 e. The average molecular weight is 281 g/mol. The van der Waals surface area contributed by atoms with Crippen molar-refractivity contribution in [2.45, 2.75) is 45.7 Å². The molecule has 3 unspecified atom stereocenters. The van der Waals surface area contributed by atoms with Crippen molar-refractivity contribution in [2.24, 2.45) is 11.8 Å². The summed E-state index contributed by atoms with van der Waals surface area (Å²) in [7, 11) is 0. The van der Waals surface area contributed by atoms with Crippen LogP contribution in [-0.2, 0) is 9.59 Å². The fraction of sp³-hybridized carbons (Fsp3) is 0.867. The van der Waals surface area contributed by atoms with Gasteiger partial charge in [0.05, 0.1) is 12.6 Å². The predicted octanol–water partition coefficient (Wildman–Crippen LogP) is 0.400. The number of likely N-dealkylation sites (tertiary alicyclic amines) is 1. The van der Waals surface area contributed by atoms with Crippen molar-refractivity contribution < 1.29 is 9.59 Å². The molecule has 1 amide bonds. The van der Waals surface area contributed by atoms with Crippen LogP contribution >= 0.6 is 0 Å². The zero-order valence-corrected chi connectivity index (χ0v) is 12.8. The predicted molar refractivity (Wildman–Crippen MR) is 78.4 cm³/mol. The molecule has 0 aromatic carbocycles. The molecule has 0 radical (unpaired) electrons. The van der Waals surface area contributed by atoms with E-state index in [1.54, 1.807) is 6.92 Å². The second kappa shape index (κ2) is 6.68. The van der Waals surface area contributed by atoms with E-state index >= 15 is 0 Å². The van der Waals surface area contributed by atoms with Crippen molar-refractivity contribution >= 4 is 11.7 Å². The van der Waals surface area contributed by atoms with E-state index in [1.165, 1.54) is 12.8 Å². The fourth-order valence-electron chi connectivity index (χ4n) is 3.43. The number of fused-ring (bicyclic) bond motifs is 1. The Balaban J connectivity index is 1.81. The van der Waals surface area contributed by atoms with Crippen LogP contribution in [0.25, 0.3) is 0 Å². The maximum absolute atomic E-state index is 12.1. The number of carbonyl (C=O) groups is 2. The van der Waals surface area contributed by atoms with E-state index in [-0.39, 0.29) is 23.7 Å². The van der Waals surface area contributed by atoms with Crippen LogP contribution in [0.2, 0.25) is 0 Å². The summed E-state index contributed by atoms with van der Waals surface area (Å²) in [6.07, 6.45) is 2.50. The molecule has 5 heteroatoms. The Morgan fingerprint density at radius 1 is 1.35 bits per heavy atom. The van der Waals surface area contributed by atoms with E-state index in [2.05, 4.69) is 15.5 Å². The van der Waals surface area contributed by atoms with Crippen LogP contribution in [0.4, 0.5) is 0 Å². The molecular formula is C15H27N3O2. The molecule has 0 aliphatic carbocycles. The number of ketones is 1. The van der Waals surface area contributed by atoms with Gasteiger partial charge in [-0.15, -0.1) is 0 Å². The van der Waals surface area contributed by atoms with Gasteiger partial charge in [0.2, 0.25) is 5.91 Å². The highest BCUT2D eigenvalue weighted by Crippen LogP contribution is 2.24. The second-order valence-corrected chi connectivity index (χ2v) is 6.56. The van der Waals surface area contributed by atoms with Crippen molar-refractivity contribution in [3.8, 4) is 0 Å². The lowest BCUT2D eigenvalue weighted by Crippen LogP contribution is -2.47. The van der Waals surface area contributed by atoms with Crippen molar-refractivity contribution in [1.29, 1.82) is 0 Å². The molecule has 2 aliphatic heterocycles. The molecule has 0 aromatic heterocycles. The zero-order chi connectivity index (χ0) is 14.7. The van der Waals surface area contributed by atoms with Gasteiger partial charge in [0, 0.05) is 19.1 Å². The molecule has 2 rings (SSSR count).